The number of nitrogens with one attached hydrogen (secondary N) is 1. The maximum atomic E-state index is 13.7. The van der Waals surface area contributed by atoms with E-state index in [2.05, 4.69) is 5.32 Å². The van der Waals surface area contributed by atoms with Crippen LogP contribution in [0.25, 0.3) is 0 Å². The van der Waals surface area contributed by atoms with E-state index in [0.29, 0.717) is 12.1 Å². The molecule has 3 rings (SSSR count). The Balaban J connectivity index is 1.69. The second kappa shape index (κ2) is 9.51. The van der Waals surface area contributed by atoms with Crippen LogP contribution in [-0.2, 0) is 17.9 Å². The molecule has 5 nitrogen and oxygen atoms in total. The predicted molar refractivity (Wildman–Crippen MR) is 111 cm³/mol. The first-order chi connectivity index (χ1) is 14.7. The summed E-state index contributed by atoms with van der Waals surface area (Å²) in [7, 11) is 3.05. The number of likely N-dealkylation sites (tertiary alicyclic amines) is 1. The number of benzene rings is 2. The van der Waals surface area contributed by atoms with Crippen molar-refractivity contribution in [3.63, 3.8) is 0 Å². The maximum absolute atomic E-state index is 13.7. The summed E-state index contributed by atoms with van der Waals surface area (Å²) >= 11 is 0. The smallest absolute Gasteiger partial charge is 0.355 e. The third-order valence-corrected chi connectivity index (χ3v) is 5.62. The topological polar surface area (TPSA) is 52.7 Å². The fourth-order valence-corrected chi connectivity index (χ4v) is 3.98. The van der Waals surface area contributed by atoms with Gasteiger partial charge in [0.25, 0.3) is 5.91 Å². The standard InChI is InChI=1S/C23H26F3N3O2/c1-27-21(30)18-10-8-17(9-11-18)12-28(2)22(31)19-14-29(15-20(19)23(24,25)26)13-16-6-4-3-5-7-16/h3-11,19-20H,12-15H2,1-2H3,(H,27,30)/t19-,20+/m1/s1. The van der Waals surface area contributed by atoms with Gasteiger partial charge in [-0.25, -0.2) is 0 Å². The average molecular weight is 433 g/mol. The van der Waals surface area contributed by atoms with Crippen LogP contribution in [0, 0.1) is 11.8 Å². The van der Waals surface area contributed by atoms with E-state index in [4.69, 9.17) is 0 Å². The summed E-state index contributed by atoms with van der Waals surface area (Å²) in [4.78, 5) is 27.6. The highest BCUT2D eigenvalue weighted by atomic mass is 19.4. The Morgan fingerprint density at radius 3 is 2.26 bits per heavy atom. The van der Waals surface area contributed by atoms with Crippen LogP contribution < -0.4 is 5.32 Å². The molecular weight excluding hydrogens is 407 g/mol. The Hall–Kier alpha value is -2.87. The molecule has 0 bridgehead atoms. The van der Waals surface area contributed by atoms with Crippen LogP contribution >= 0.6 is 0 Å². The van der Waals surface area contributed by atoms with Gasteiger partial charge in [0.2, 0.25) is 5.91 Å². The molecule has 1 heterocycles. The Morgan fingerprint density at radius 2 is 1.68 bits per heavy atom. The molecule has 166 valence electrons. The molecule has 31 heavy (non-hydrogen) atoms. The normalized spacial score (nSPS) is 19.3. The van der Waals surface area contributed by atoms with Crippen molar-refractivity contribution in [2.24, 2.45) is 11.8 Å². The summed E-state index contributed by atoms with van der Waals surface area (Å²) in [6.07, 6.45) is -4.44. The molecule has 2 amide bonds. The minimum atomic E-state index is -4.44. The molecule has 0 spiro atoms. The minimum absolute atomic E-state index is 0.0673. The van der Waals surface area contributed by atoms with Gasteiger partial charge < -0.3 is 10.2 Å². The first-order valence-electron chi connectivity index (χ1n) is 10.1. The third-order valence-electron chi connectivity index (χ3n) is 5.62. The van der Waals surface area contributed by atoms with Gasteiger partial charge >= 0.3 is 6.18 Å². The highest BCUT2D eigenvalue weighted by Gasteiger charge is 2.52. The quantitative estimate of drug-likeness (QED) is 0.761. The summed E-state index contributed by atoms with van der Waals surface area (Å²) in [5.74, 6) is -3.58. The lowest BCUT2D eigenvalue weighted by atomic mass is 9.94. The van der Waals surface area contributed by atoms with Crippen molar-refractivity contribution in [3.8, 4) is 0 Å². The minimum Gasteiger partial charge on any atom is -0.355 e. The van der Waals surface area contributed by atoms with E-state index >= 15 is 0 Å². The van der Waals surface area contributed by atoms with Gasteiger partial charge in [0.1, 0.15) is 0 Å². The van der Waals surface area contributed by atoms with Gasteiger partial charge in [-0.15, -0.1) is 0 Å². The van der Waals surface area contributed by atoms with Gasteiger partial charge in [-0.2, -0.15) is 13.2 Å². The van der Waals surface area contributed by atoms with Gasteiger partial charge in [0, 0.05) is 45.8 Å². The van der Waals surface area contributed by atoms with Crippen LogP contribution in [0.2, 0.25) is 0 Å². The number of hydrogen-bond acceptors (Lipinski definition) is 3. The Kier molecular flexibility index (Phi) is 7.00. The molecule has 2 aromatic carbocycles. The van der Waals surface area contributed by atoms with E-state index in [-0.39, 0.29) is 25.5 Å². The number of alkyl halides is 3. The zero-order chi connectivity index (χ0) is 22.6. The number of carbonyl (C=O) groups excluding carboxylic acids is 2. The van der Waals surface area contributed by atoms with E-state index in [0.717, 1.165) is 11.1 Å². The SMILES string of the molecule is CNC(=O)c1ccc(CN(C)C(=O)[C@@H]2CN(Cc3ccccc3)C[C@@H]2C(F)(F)F)cc1. The van der Waals surface area contributed by atoms with Crippen molar-refractivity contribution in [2.45, 2.75) is 19.3 Å². The molecule has 1 saturated heterocycles. The van der Waals surface area contributed by atoms with E-state index in [1.54, 1.807) is 29.2 Å². The molecule has 0 unspecified atom stereocenters. The molecular formula is C23H26F3N3O2. The molecule has 8 heteroatoms. The molecule has 0 aromatic heterocycles. The van der Waals surface area contributed by atoms with Crippen LogP contribution in [0.1, 0.15) is 21.5 Å². The lowest BCUT2D eigenvalue weighted by molar-refractivity contribution is -0.185. The van der Waals surface area contributed by atoms with Crippen molar-refractivity contribution in [1.82, 2.24) is 15.1 Å². The summed E-state index contributed by atoms with van der Waals surface area (Å²) in [5.41, 5.74) is 2.14. The second-order valence-corrected chi connectivity index (χ2v) is 7.90. The monoisotopic (exact) mass is 433 g/mol. The molecule has 0 aliphatic carbocycles. The highest BCUT2D eigenvalue weighted by Crippen LogP contribution is 2.39. The largest absolute Gasteiger partial charge is 0.393 e. The zero-order valence-electron chi connectivity index (χ0n) is 17.5. The molecule has 0 saturated carbocycles. The summed E-state index contributed by atoms with van der Waals surface area (Å²) in [6.45, 7) is 0.426. The summed E-state index contributed by atoms with van der Waals surface area (Å²) < 4.78 is 41.1. The number of halogens is 3. The Labute approximate surface area is 179 Å². The van der Waals surface area contributed by atoms with Gasteiger partial charge in [-0.1, -0.05) is 42.5 Å². The van der Waals surface area contributed by atoms with Gasteiger partial charge in [-0.3, -0.25) is 14.5 Å². The second-order valence-electron chi connectivity index (χ2n) is 7.90. The van der Waals surface area contributed by atoms with Crippen molar-refractivity contribution >= 4 is 11.8 Å². The fraction of sp³-hybridized carbons (Fsp3) is 0.391. The van der Waals surface area contributed by atoms with Crippen LogP contribution in [0.15, 0.2) is 54.6 Å². The van der Waals surface area contributed by atoms with E-state index in [1.165, 1.54) is 19.0 Å². The van der Waals surface area contributed by atoms with Crippen LogP contribution in [0.5, 0.6) is 0 Å². The lowest BCUT2D eigenvalue weighted by Gasteiger charge is -2.26. The van der Waals surface area contributed by atoms with Crippen LogP contribution in [0.3, 0.4) is 0 Å². The summed E-state index contributed by atoms with van der Waals surface area (Å²) in [6, 6.07) is 15.9. The third kappa shape index (κ3) is 5.64. The molecule has 1 N–H and O–H groups in total. The fourth-order valence-electron chi connectivity index (χ4n) is 3.98. The molecule has 2 atom stereocenters. The number of carbonyl (C=O) groups is 2. The van der Waals surface area contributed by atoms with E-state index in [9.17, 15) is 22.8 Å². The van der Waals surface area contributed by atoms with Crippen molar-refractivity contribution < 1.29 is 22.8 Å². The van der Waals surface area contributed by atoms with Crippen molar-refractivity contribution in [3.05, 3.63) is 71.3 Å². The number of amides is 2. The van der Waals surface area contributed by atoms with E-state index < -0.39 is 23.9 Å². The summed E-state index contributed by atoms with van der Waals surface area (Å²) in [5, 5.41) is 2.52. The average Bonchev–Trinajstić information content (AvgIpc) is 3.18. The highest BCUT2D eigenvalue weighted by molar-refractivity contribution is 5.93. The Morgan fingerprint density at radius 1 is 1.03 bits per heavy atom. The van der Waals surface area contributed by atoms with Gasteiger partial charge in [0.05, 0.1) is 11.8 Å². The van der Waals surface area contributed by atoms with Gasteiger partial charge in [0.15, 0.2) is 0 Å². The molecule has 1 aliphatic rings. The van der Waals surface area contributed by atoms with E-state index in [1.807, 2.05) is 30.3 Å². The first-order valence-corrected chi connectivity index (χ1v) is 10.1. The van der Waals surface area contributed by atoms with Crippen LogP contribution in [-0.4, -0.2) is 55.0 Å². The Bertz CT molecular complexity index is 901. The molecule has 1 aliphatic heterocycles. The first kappa shape index (κ1) is 22.8. The zero-order valence-corrected chi connectivity index (χ0v) is 17.5. The number of rotatable bonds is 6. The molecule has 0 radical (unpaired) electrons. The van der Waals surface area contributed by atoms with Crippen molar-refractivity contribution in [1.29, 1.82) is 0 Å². The van der Waals surface area contributed by atoms with Gasteiger partial charge in [-0.05, 0) is 23.3 Å². The number of nitrogens with zero attached hydrogens (tertiary/aromatic N) is 2. The van der Waals surface area contributed by atoms with Crippen molar-refractivity contribution in [2.75, 3.05) is 27.2 Å². The van der Waals surface area contributed by atoms with Crippen LogP contribution in [0.4, 0.5) is 13.2 Å². The molecule has 2 aromatic rings. The number of hydrogen-bond donors (Lipinski definition) is 1. The molecule has 1 fully saturated rings. The maximum Gasteiger partial charge on any atom is 0.393 e. The lowest BCUT2D eigenvalue weighted by Crippen LogP contribution is -2.40. The predicted octanol–water partition coefficient (Wildman–Crippen LogP) is 3.32.